The van der Waals surface area contributed by atoms with E-state index in [4.69, 9.17) is 4.74 Å². The topological polar surface area (TPSA) is 119 Å². The molecule has 0 radical (unpaired) electrons. The van der Waals surface area contributed by atoms with Crippen molar-refractivity contribution in [1.82, 2.24) is 20.0 Å². The third kappa shape index (κ3) is 3.78. The normalized spacial score (nSPS) is 13.1. The molecule has 2 aromatic heterocycles. The summed E-state index contributed by atoms with van der Waals surface area (Å²) >= 11 is 0. The Hall–Kier alpha value is -3.49. The maximum atomic E-state index is 12.5. The van der Waals surface area contributed by atoms with Crippen LogP contribution < -0.4 is 10.9 Å². The Kier molecular flexibility index (Phi) is 5.53. The summed E-state index contributed by atoms with van der Waals surface area (Å²) in [5.74, 6) is -0.771. The summed E-state index contributed by atoms with van der Waals surface area (Å²) in [5.41, 5.74) is -0.462. The predicted molar refractivity (Wildman–Crippen MR) is 103 cm³/mol. The van der Waals surface area contributed by atoms with Gasteiger partial charge in [0.1, 0.15) is 5.82 Å². The van der Waals surface area contributed by atoms with Crippen molar-refractivity contribution in [3.05, 3.63) is 52.6 Å². The fraction of sp³-hybridized carbons (Fsp3) is 0.316. The average molecular weight is 383 g/mol. The summed E-state index contributed by atoms with van der Waals surface area (Å²) < 4.78 is 6.95. The Morgan fingerprint density at radius 2 is 1.93 bits per heavy atom. The van der Waals surface area contributed by atoms with E-state index >= 15 is 0 Å². The minimum Gasteiger partial charge on any atom is -0.448 e. The fourth-order valence-corrected chi connectivity index (χ4v) is 2.71. The minimum atomic E-state index is -1.07. The van der Waals surface area contributed by atoms with Crippen molar-refractivity contribution in [3.8, 4) is 0 Å². The van der Waals surface area contributed by atoms with Gasteiger partial charge in [-0.2, -0.15) is 10.2 Å². The first-order chi connectivity index (χ1) is 13.4. The van der Waals surface area contributed by atoms with Crippen LogP contribution in [0.1, 0.15) is 43.7 Å². The Morgan fingerprint density at radius 1 is 1.21 bits per heavy atom. The average Bonchev–Trinajstić information content (AvgIpc) is 3.15. The second-order valence-electron chi connectivity index (χ2n) is 6.40. The van der Waals surface area contributed by atoms with E-state index in [9.17, 15) is 14.4 Å². The number of carbonyl (C=O) groups is 2. The number of benzene rings is 1. The number of rotatable bonds is 6. The van der Waals surface area contributed by atoms with Crippen LogP contribution in [0, 0.1) is 0 Å². The Morgan fingerprint density at radius 3 is 2.64 bits per heavy atom. The van der Waals surface area contributed by atoms with Gasteiger partial charge in [-0.3, -0.25) is 9.59 Å². The van der Waals surface area contributed by atoms with E-state index in [1.165, 1.54) is 6.92 Å². The molecule has 0 spiro atoms. The number of hydrogen-bond acceptors (Lipinski definition) is 6. The molecule has 0 bridgehead atoms. The summed E-state index contributed by atoms with van der Waals surface area (Å²) in [4.78, 5) is 36.8. The monoisotopic (exact) mass is 383 g/mol. The summed E-state index contributed by atoms with van der Waals surface area (Å²) in [5, 5.41) is 13.6. The van der Waals surface area contributed by atoms with Crippen molar-refractivity contribution in [2.75, 3.05) is 5.32 Å². The zero-order chi connectivity index (χ0) is 20.3. The molecule has 2 atom stereocenters. The molecule has 3 aromatic rings. The number of H-pyrrole nitrogens is 1. The van der Waals surface area contributed by atoms with Gasteiger partial charge in [0.15, 0.2) is 11.8 Å². The standard InChI is InChI=1S/C19H21N5O4/c1-4-11(2)24-15(9-10-20-24)21-17(25)12(3)28-19(27)16-13-7-5-6-8-14(13)18(26)23-22-16/h5-12H,4H2,1-3H3,(H,21,25)(H,23,26)/t11-,12+/m0/s1. The van der Waals surface area contributed by atoms with Crippen LogP contribution in [-0.4, -0.2) is 38.0 Å². The van der Waals surface area contributed by atoms with Gasteiger partial charge in [0.05, 0.1) is 17.6 Å². The van der Waals surface area contributed by atoms with Gasteiger partial charge >= 0.3 is 5.97 Å². The lowest BCUT2D eigenvalue weighted by Gasteiger charge is -2.17. The minimum absolute atomic E-state index is 0.0560. The number of nitrogens with zero attached hydrogens (tertiary/aromatic N) is 3. The molecule has 0 unspecified atom stereocenters. The quantitative estimate of drug-likeness (QED) is 0.630. The van der Waals surface area contributed by atoms with Crippen LogP contribution in [0.2, 0.25) is 0 Å². The number of aromatic nitrogens is 4. The van der Waals surface area contributed by atoms with Crippen LogP contribution in [0.25, 0.3) is 10.8 Å². The van der Waals surface area contributed by atoms with Crippen molar-refractivity contribution < 1.29 is 14.3 Å². The van der Waals surface area contributed by atoms with Crippen LogP contribution in [0.4, 0.5) is 5.82 Å². The summed E-state index contributed by atoms with van der Waals surface area (Å²) in [6.45, 7) is 5.47. The van der Waals surface area contributed by atoms with E-state index < -0.39 is 23.5 Å². The molecule has 9 nitrogen and oxygen atoms in total. The highest BCUT2D eigenvalue weighted by Crippen LogP contribution is 2.17. The Bertz CT molecular complexity index is 1070. The zero-order valence-electron chi connectivity index (χ0n) is 15.8. The van der Waals surface area contributed by atoms with Gasteiger partial charge in [-0.25, -0.2) is 14.6 Å². The van der Waals surface area contributed by atoms with Crippen molar-refractivity contribution in [2.24, 2.45) is 0 Å². The van der Waals surface area contributed by atoms with E-state index in [2.05, 4.69) is 20.6 Å². The molecule has 0 aliphatic rings. The second kappa shape index (κ2) is 8.03. The van der Waals surface area contributed by atoms with E-state index in [-0.39, 0.29) is 11.7 Å². The molecule has 1 aromatic carbocycles. The van der Waals surface area contributed by atoms with Gasteiger partial charge in [0.2, 0.25) is 0 Å². The number of hydrogen-bond donors (Lipinski definition) is 2. The molecule has 146 valence electrons. The maximum absolute atomic E-state index is 12.5. The van der Waals surface area contributed by atoms with Gasteiger partial charge in [-0.1, -0.05) is 25.1 Å². The van der Waals surface area contributed by atoms with Crippen molar-refractivity contribution in [2.45, 2.75) is 39.3 Å². The number of fused-ring (bicyclic) bond motifs is 1. The number of amides is 1. The lowest BCUT2D eigenvalue weighted by molar-refractivity contribution is -0.123. The molecule has 0 saturated carbocycles. The van der Waals surface area contributed by atoms with Crippen LogP contribution in [-0.2, 0) is 9.53 Å². The van der Waals surface area contributed by atoms with Crippen LogP contribution in [0.5, 0.6) is 0 Å². The predicted octanol–water partition coefficient (Wildman–Crippen LogP) is 2.27. The number of esters is 1. The number of carbonyl (C=O) groups excluding carboxylic acids is 2. The first kappa shape index (κ1) is 19.3. The first-order valence-corrected chi connectivity index (χ1v) is 8.95. The molecular weight excluding hydrogens is 362 g/mol. The third-order valence-electron chi connectivity index (χ3n) is 4.47. The molecule has 2 heterocycles. The highest BCUT2D eigenvalue weighted by atomic mass is 16.5. The highest BCUT2D eigenvalue weighted by Gasteiger charge is 2.23. The van der Waals surface area contributed by atoms with Gasteiger partial charge in [0.25, 0.3) is 11.5 Å². The van der Waals surface area contributed by atoms with E-state index in [1.54, 1.807) is 41.2 Å². The number of anilines is 1. The van der Waals surface area contributed by atoms with E-state index in [0.29, 0.717) is 16.6 Å². The van der Waals surface area contributed by atoms with Crippen molar-refractivity contribution in [3.63, 3.8) is 0 Å². The van der Waals surface area contributed by atoms with Crippen molar-refractivity contribution >= 4 is 28.5 Å². The summed E-state index contributed by atoms with van der Waals surface area (Å²) in [6.07, 6.45) is 1.37. The van der Waals surface area contributed by atoms with Crippen LogP contribution >= 0.6 is 0 Å². The molecule has 9 heteroatoms. The van der Waals surface area contributed by atoms with Crippen LogP contribution in [0.3, 0.4) is 0 Å². The largest absolute Gasteiger partial charge is 0.448 e. The molecule has 28 heavy (non-hydrogen) atoms. The van der Waals surface area contributed by atoms with E-state index in [1.807, 2.05) is 13.8 Å². The molecule has 0 fully saturated rings. The molecule has 0 aliphatic carbocycles. The SMILES string of the molecule is CC[C@H](C)n1nccc1NC(=O)[C@@H](C)OC(=O)c1n[nH]c(=O)c2ccccc12. The first-order valence-electron chi connectivity index (χ1n) is 8.95. The number of nitrogens with one attached hydrogen (secondary N) is 2. The highest BCUT2D eigenvalue weighted by molar-refractivity contribution is 6.03. The molecular formula is C19H21N5O4. The summed E-state index contributed by atoms with van der Waals surface area (Å²) in [7, 11) is 0. The van der Waals surface area contributed by atoms with Crippen molar-refractivity contribution in [1.29, 1.82) is 0 Å². The van der Waals surface area contributed by atoms with Gasteiger partial charge in [0, 0.05) is 11.5 Å². The smallest absolute Gasteiger partial charge is 0.360 e. The molecule has 1 amide bonds. The lowest BCUT2D eigenvalue weighted by atomic mass is 10.1. The zero-order valence-corrected chi connectivity index (χ0v) is 15.8. The maximum Gasteiger partial charge on any atom is 0.360 e. The van der Waals surface area contributed by atoms with Crippen LogP contribution in [0.15, 0.2) is 41.3 Å². The Balaban J connectivity index is 1.75. The van der Waals surface area contributed by atoms with E-state index in [0.717, 1.165) is 6.42 Å². The Labute approximate surface area is 160 Å². The molecule has 3 rings (SSSR count). The third-order valence-corrected chi connectivity index (χ3v) is 4.47. The molecule has 2 N–H and O–H groups in total. The van der Waals surface area contributed by atoms with Gasteiger partial charge < -0.3 is 10.1 Å². The number of ether oxygens (including phenoxy) is 1. The second-order valence-corrected chi connectivity index (χ2v) is 6.40. The number of aromatic amines is 1. The summed E-state index contributed by atoms with van der Waals surface area (Å²) in [6, 6.07) is 8.34. The van der Waals surface area contributed by atoms with Gasteiger partial charge in [-0.05, 0) is 26.3 Å². The fourth-order valence-electron chi connectivity index (χ4n) is 2.71. The lowest BCUT2D eigenvalue weighted by Crippen LogP contribution is -2.31. The molecule has 0 aliphatic heterocycles. The van der Waals surface area contributed by atoms with Gasteiger partial charge in [-0.15, -0.1) is 0 Å². The molecule has 0 saturated heterocycles.